The van der Waals surface area contributed by atoms with E-state index in [0.717, 1.165) is 14.6 Å². The van der Waals surface area contributed by atoms with E-state index in [1.807, 2.05) is 30.3 Å². The fourth-order valence-corrected chi connectivity index (χ4v) is 3.54. The highest BCUT2D eigenvalue weighted by Gasteiger charge is 2.40. The molecular formula is C18H16IN3O2. The van der Waals surface area contributed by atoms with Crippen LogP contribution in [0.15, 0.2) is 48.5 Å². The van der Waals surface area contributed by atoms with E-state index in [4.69, 9.17) is 4.74 Å². The van der Waals surface area contributed by atoms with Crippen molar-refractivity contribution in [1.29, 1.82) is 0 Å². The molecule has 4 rings (SSSR count). The van der Waals surface area contributed by atoms with Crippen LogP contribution in [0.2, 0.25) is 0 Å². The van der Waals surface area contributed by atoms with Crippen LogP contribution in [0, 0.1) is 3.70 Å². The third-order valence-corrected chi connectivity index (χ3v) is 5.32. The number of hydrogen-bond donors (Lipinski definition) is 2. The normalized spacial score (nSPS) is 15.9. The molecule has 3 aromatic rings. The molecule has 0 saturated carbocycles. The number of nitrogens with one attached hydrogen (secondary N) is 2. The largest absolute Gasteiger partial charge is 0.379 e. The summed E-state index contributed by atoms with van der Waals surface area (Å²) in [7, 11) is 0. The monoisotopic (exact) mass is 433 g/mol. The Hall–Kier alpha value is -1.93. The minimum atomic E-state index is -0.120. The topological polar surface area (TPSA) is 67.0 Å². The summed E-state index contributed by atoms with van der Waals surface area (Å²) < 4.78 is 6.36. The van der Waals surface area contributed by atoms with Crippen LogP contribution in [0.25, 0.3) is 10.9 Å². The molecule has 0 bridgehead atoms. The van der Waals surface area contributed by atoms with Gasteiger partial charge >= 0.3 is 0 Å². The molecule has 122 valence electrons. The summed E-state index contributed by atoms with van der Waals surface area (Å²) in [6, 6.07) is 15.8. The van der Waals surface area contributed by atoms with Gasteiger partial charge in [-0.05, 0) is 46.4 Å². The molecule has 2 heterocycles. The maximum Gasteiger partial charge on any atom is 0.251 e. The number of H-pyrrole nitrogens is 1. The lowest BCUT2D eigenvalue weighted by atomic mass is 9.78. The van der Waals surface area contributed by atoms with Gasteiger partial charge in [0.1, 0.15) is 3.70 Å². The minimum absolute atomic E-state index is 0.0730. The van der Waals surface area contributed by atoms with E-state index >= 15 is 0 Å². The molecule has 0 radical (unpaired) electrons. The maximum absolute atomic E-state index is 12.6. The Balaban J connectivity index is 1.52. The standard InChI is InChI=1S/C18H16IN3O2/c19-16-14-8-12(6-7-15(14)21-22-16)17(23)20-9-18(10-24-11-18)13-4-2-1-3-5-13/h1-8H,9-11H2,(H,20,23)(H,21,22). The molecule has 2 aromatic carbocycles. The summed E-state index contributed by atoms with van der Waals surface area (Å²) in [5.74, 6) is -0.0730. The van der Waals surface area contributed by atoms with Gasteiger partial charge in [0.25, 0.3) is 5.91 Å². The molecule has 24 heavy (non-hydrogen) atoms. The number of fused-ring (bicyclic) bond motifs is 1. The van der Waals surface area contributed by atoms with Gasteiger partial charge in [0.2, 0.25) is 0 Å². The SMILES string of the molecule is O=C(NCC1(c2ccccc2)COC1)c1ccc2n[nH]c(I)c2c1. The summed E-state index contributed by atoms with van der Waals surface area (Å²) in [6.07, 6.45) is 0. The highest BCUT2D eigenvalue weighted by atomic mass is 127. The van der Waals surface area contributed by atoms with E-state index < -0.39 is 0 Å². The first-order valence-electron chi connectivity index (χ1n) is 7.73. The maximum atomic E-state index is 12.6. The predicted octanol–water partition coefficient (Wildman–Crippen LogP) is 2.87. The van der Waals surface area contributed by atoms with Gasteiger partial charge < -0.3 is 10.1 Å². The second-order valence-electron chi connectivity index (χ2n) is 6.09. The molecule has 1 aliphatic heterocycles. The van der Waals surface area contributed by atoms with E-state index in [1.165, 1.54) is 5.56 Å². The summed E-state index contributed by atoms with van der Waals surface area (Å²) in [5, 5.41) is 11.1. The Morgan fingerprint density at radius 2 is 2.04 bits per heavy atom. The van der Waals surface area contributed by atoms with Crippen LogP contribution < -0.4 is 5.32 Å². The zero-order valence-corrected chi connectivity index (χ0v) is 15.0. The number of halogens is 1. The number of rotatable bonds is 4. The van der Waals surface area contributed by atoms with Crippen LogP contribution in [0.1, 0.15) is 15.9 Å². The van der Waals surface area contributed by atoms with Gasteiger partial charge in [-0.3, -0.25) is 9.89 Å². The molecule has 2 N–H and O–H groups in total. The van der Waals surface area contributed by atoms with Gasteiger partial charge in [-0.1, -0.05) is 30.3 Å². The van der Waals surface area contributed by atoms with Crippen LogP contribution in [-0.2, 0) is 10.2 Å². The Morgan fingerprint density at radius 1 is 1.25 bits per heavy atom. The molecule has 6 heteroatoms. The molecule has 5 nitrogen and oxygen atoms in total. The van der Waals surface area contributed by atoms with Crippen molar-refractivity contribution in [2.45, 2.75) is 5.41 Å². The lowest BCUT2D eigenvalue weighted by Gasteiger charge is -2.42. The van der Waals surface area contributed by atoms with Gasteiger partial charge in [0.05, 0.1) is 24.1 Å². The van der Waals surface area contributed by atoms with Crippen molar-refractivity contribution in [2.75, 3.05) is 19.8 Å². The highest BCUT2D eigenvalue weighted by Crippen LogP contribution is 2.31. The van der Waals surface area contributed by atoms with Crippen molar-refractivity contribution in [1.82, 2.24) is 15.5 Å². The Morgan fingerprint density at radius 3 is 2.75 bits per heavy atom. The molecular weight excluding hydrogens is 417 g/mol. The highest BCUT2D eigenvalue weighted by molar-refractivity contribution is 14.1. The van der Waals surface area contributed by atoms with Crippen molar-refractivity contribution in [2.24, 2.45) is 0 Å². The van der Waals surface area contributed by atoms with Crippen LogP contribution in [-0.4, -0.2) is 35.9 Å². The number of aromatic amines is 1. The second kappa shape index (κ2) is 6.18. The lowest BCUT2D eigenvalue weighted by molar-refractivity contribution is -0.0580. The van der Waals surface area contributed by atoms with E-state index in [2.05, 4.69) is 50.2 Å². The smallest absolute Gasteiger partial charge is 0.251 e. The summed E-state index contributed by atoms with van der Waals surface area (Å²) in [5.41, 5.74) is 2.59. The molecule has 0 aliphatic carbocycles. The predicted molar refractivity (Wildman–Crippen MR) is 100 cm³/mol. The van der Waals surface area contributed by atoms with Crippen LogP contribution in [0.4, 0.5) is 0 Å². The van der Waals surface area contributed by atoms with Crippen molar-refractivity contribution < 1.29 is 9.53 Å². The van der Waals surface area contributed by atoms with Crippen molar-refractivity contribution in [3.05, 3.63) is 63.4 Å². The van der Waals surface area contributed by atoms with Crippen molar-refractivity contribution in [3.63, 3.8) is 0 Å². The number of aromatic nitrogens is 2. The molecule has 1 fully saturated rings. The molecule has 1 aliphatic rings. The number of benzene rings is 2. The van der Waals surface area contributed by atoms with Gasteiger partial charge in [-0.2, -0.15) is 5.10 Å². The van der Waals surface area contributed by atoms with Crippen LogP contribution >= 0.6 is 22.6 Å². The number of nitrogens with zero attached hydrogens (tertiary/aromatic N) is 1. The van der Waals surface area contributed by atoms with Crippen LogP contribution in [0.3, 0.4) is 0 Å². The first-order valence-corrected chi connectivity index (χ1v) is 8.81. The van der Waals surface area contributed by atoms with Gasteiger partial charge in [-0.15, -0.1) is 0 Å². The molecule has 1 saturated heterocycles. The minimum Gasteiger partial charge on any atom is -0.379 e. The Bertz CT molecular complexity index is 888. The number of carbonyl (C=O) groups is 1. The first kappa shape index (κ1) is 15.6. The van der Waals surface area contributed by atoms with E-state index in [9.17, 15) is 4.79 Å². The summed E-state index contributed by atoms with van der Waals surface area (Å²) in [4.78, 5) is 12.6. The van der Waals surface area contributed by atoms with Crippen molar-refractivity contribution >= 4 is 39.4 Å². The van der Waals surface area contributed by atoms with Gasteiger partial charge in [0.15, 0.2) is 0 Å². The van der Waals surface area contributed by atoms with Crippen LogP contribution in [0.5, 0.6) is 0 Å². The summed E-state index contributed by atoms with van der Waals surface area (Å²) >= 11 is 2.18. The Kier molecular flexibility index (Phi) is 4.01. The van der Waals surface area contributed by atoms with E-state index in [1.54, 1.807) is 6.07 Å². The molecule has 0 unspecified atom stereocenters. The summed E-state index contributed by atoms with van der Waals surface area (Å²) in [6.45, 7) is 1.84. The molecule has 0 atom stereocenters. The molecule has 0 spiro atoms. The average molecular weight is 433 g/mol. The average Bonchev–Trinajstić information content (AvgIpc) is 2.95. The second-order valence-corrected chi connectivity index (χ2v) is 7.17. The van der Waals surface area contributed by atoms with Gasteiger partial charge in [-0.25, -0.2) is 0 Å². The molecule has 1 aromatic heterocycles. The first-order chi connectivity index (χ1) is 11.7. The number of hydrogen-bond acceptors (Lipinski definition) is 3. The lowest BCUT2D eigenvalue weighted by Crippen LogP contribution is -2.54. The third-order valence-electron chi connectivity index (χ3n) is 4.50. The van der Waals surface area contributed by atoms with E-state index in [-0.39, 0.29) is 11.3 Å². The number of amides is 1. The fraction of sp³-hybridized carbons (Fsp3) is 0.222. The van der Waals surface area contributed by atoms with Gasteiger partial charge in [0, 0.05) is 17.5 Å². The quantitative estimate of drug-likeness (QED) is 0.622. The number of ether oxygens (including phenoxy) is 1. The molecule has 1 amide bonds. The zero-order valence-electron chi connectivity index (χ0n) is 12.9. The third kappa shape index (κ3) is 2.69. The number of carbonyl (C=O) groups excluding carboxylic acids is 1. The Labute approximate surface area is 152 Å². The van der Waals surface area contributed by atoms with Crippen molar-refractivity contribution in [3.8, 4) is 0 Å². The van der Waals surface area contributed by atoms with E-state index in [0.29, 0.717) is 25.3 Å². The zero-order chi connectivity index (χ0) is 16.6. The fourth-order valence-electron chi connectivity index (χ4n) is 2.98.